The Balaban J connectivity index is 1.42. The van der Waals surface area contributed by atoms with Crippen LogP contribution in [0.5, 0.6) is 0 Å². The highest BCUT2D eigenvalue weighted by atomic mass is 32.1. The molecule has 0 saturated carbocycles. The minimum Gasteiger partial charge on any atom is -0.468 e. The Morgan fingerprint density at radius 1 is 1.37 bits per heavy atom. The van der Waals surface area contributed by atoms with Gasteiger partial charge in [-0.1, -0.05) is 19.8 Å². The highest BCUT2D eigenvalue weighted by Crippen LogP contribution is 2.33. The number of hydrogen-bond donors (Lipinski definition) is 1. The number of piperidine rings is 1. The van der Waals surface area contributed by atoms with Crippen LogP contribution in [0.1, 0.15) is 70.9 Å². The van der Waals surface area contributed by atoms with Gasteiger partial charge in [0.05, 0.1) is 17.2 Å². The van der Waals surface area contributed by atoms with Crippen LogP contribution in [0.2, 0.25) is 0 Å². The summed E-state index contributed by atoms with van der Waals surface area (Å²) in [5.74, 6) is 1.80. The predicted octanol–water partition coefficient (Wildman–Crippen LogP) is 4.81. The average molecular weight is 387 g/mol. The zero-order valence-electron chi connectivity index (χ0n) is 16.2. The Kier molecular flexibility index (Phi) is 5.98. The van der Waals surface area contributed by atoms with Crippen molar-refractivity contribution in [2.24, 2.45) is 5.92 Å². The van der Waals surface area contributed by atoms with E-state index in [4.69, 9.17) is 4.42 Å². The Morgan fingerprint density at radius 3 is 2.96 bits per heavy atom. The normalized spacial score (nSPS) is 21.6. The Labute approximate surface area is 165 Å². The molecule has 27 heavy (non-hydrogen) atoms. The largest absolute Gasteiger partial charge is 0.468 e. The lowest BCUT2D eigenvalue weighted by molar-refractivity contribution is 0.0918. The van der Waals surface area contributed by atoms with Crippen LogP contribution in [-0.2, 0) is 12.8 Å². The second kappa shape index (κ2) is 8.61. The summed E-state index contributed by atoms with van der Waals surface area (Å²) in [6.45, 7) is 5.03. The molecule has 0 unspecified atom stereocenters. The van der Waals surface area contributed by atoms with Crippen LogP contribution in [0, 0.1) is 5.92 Å². The van der Waals surface area contributed by atoms with Crippen molar-refractivity contribution < 1.29 is 9.21 Å². The topological polar surface area (TPSA) is 45.5 Å². The summed E-state index contributed by atoms with van der Waals surface area (Å²) in [7, 11) is 0. The first-order valence-electron chi connectivity index (χ1n) is 10.4. The molecule has 4 rings (SSSR count). The van der Waals surface area contributed by atoms with Gasteiger partial charge in [0.25, 0.3) is 5.91 Å². The Hall–Kier alpha value is -1.59. The fourth-order valence-electron chi connectivity index (χ4n) is 4.46. The van der Waals surface area contributed by atoms with Crippen molar-refractivity contribution in [1.29, 1.82) is 0 Å². The van der Waals surface area contributed by atoms with E-state index in [0.717, 1.165) is 42.5 Å². The molecule has 4 nitrogen and oxygen atoms in total. The van der Waals surface area contributed by atoms with Gasteiger partial charge < -0.3 is 9.73 Å². The number of nitrogens with one attached hydrogen (secondary N) is 1. The van der Waals surface area contributed by atoms with Gasteiger partial charge in [-0.05, 0) is 74.9 Å². The van der Waals surface area contributed by atoms with Gasteiger partial charge in [0.15, 0.2) is 0 Å². The molecule has 2 aliphatic rings. The molecule has 146 valence electrons. The van der Waals surface area contributed by atoms with Crippen LogP contribution in [-0.4, -0.2) is 30.4 Å². The van der Waals surface area contributed by atoms with E-state index in [-0.39, 0.29) is 11.9 Å². The van der Waals surface area contributed by atoms with Gasteiger partial charge in [-0.15, -0.1) is 11.3 Å². The molecule has 1 aliphatic heterocycles. The number of furan rings is 1. The average Bonchev–Trinajstić information content (AvgIpc) is 3.38. The summed E-state index contributed by atoms with van der Waals surface area (Å²) in [5.41, 5.74) is 1.40. The summed E-state index contributed by atoms with van der Waals surface area (Å²) < 4.78 is 5.69. The maximum Gasteiger partial charge on any atom is 0.261 e. The second-order valence-electron chi connectivity index (χ2n) is 7.91. The third-order valence-electron chi connectivity index (χ3n) is 6.15. The van der Waals surface area contributed by atoms with Gasteiger partial charge in [0.2, 0.25) is 0 Å². The van der Waals surface area contributed by atoms with Crippen molar-refractivity contribution in [3.63, 3.8) is 0 Å². The minimum atomic E-state index is 0.0658. The zero-order chi connectivity index (χ0) is 18.6. The summed E-state index contributed by atoms with van der Waals surface area (Å²) in [6, 6.07) is 6.23. The number of rotatable bonds is 6. The van der Waals surface area contributed by atoms with E-state index < -0.39 is 0 Å². The molecule has 2 aromatic rings. The van der Waals surface area contributed by atoms with E-state index in [0.29, 0.717) is 6.54 Å². The molecule has 5 heteroatoms. The maximum atomic E-state index is 12.8. The lowest BCUT2D eigenvalue weighted by Gasteiger charge is -2.33. The van der Waals surface area contributed by atoms with Gasteiger partial charge >= 0.3 is 0 Å². The van der Waals surface area contributed by atoms with E-state index in [1.165, 1.54) is 42.5 Å². The number of carbonyl (C=O) groups excluding carboxylic acids is 1. The highest BCUT2D eigenvalue weighted by molar-refractivity contribution is 7.14. The second-order valence-corrected chi connectivity index (χ2v) is 9.05. The zero-order valence-corrected chi connectivity index (χ0v) is 17.0. The van der Waals surface area contributed by atoms with Crippen molar-refractivity contribution in [1.82, 2.24) is 10.2 Å². The Morgan fingerprint density at radius 2 is 2.22 bits per heavy atom. The number of aryl methyl sites for hydroxylation is 1. The first-order chi connectivity index (χ1) is 13.2. The number of likely N-dealkylation sites (tertiary alicyclic amines) is 1. The quantitative estimate of drug-likeness (QED) is 0.775. The highest BCUT2D eigenvalue weighted by Gasteiger charge is 2.26. The van der Waals surface area contributed by atoms with E-state index in [2.05, 4.69) is 23.2 Å². The van der Waals surface area contributed by atoms with Crippen LogP contribution in [0.15, 0.2) is 28.9 Å². The van der Waals surface area contributed by atoms with Crippen LogP contribution >= 0.6 is 11.3 Å². The summed E-state index contributed by atoms with van der Waals surface area (Å²) in [4.78, 5) is 17.6. The summed E-state index contributed by atoms with van der Waals surface area (Å²) >= 11 is 1.69. The van der Waals surface area contributed by atoms with Gasteiger partial charge in [-0.2, -0.15) is 0 Å². The van der Waals surface area contributed by atoms with Gasteiger partial charge in [-0.3, -0.25) is 9.69 Å². The fourth-order valence-corrected chi connectivity index (χ4v) is 5.58. The number of fused-ring (bicyclic) bond motifs is 1. The van der Waals surface area contributed by atoms with Crippen molar-refractivity contribution >= 4 is 17.2 Å². The third kappa shape index (κ3) is 4.30. The maximum absolute atomic E-state index is 12.8. The molecule has 2 atom stereocenters. The van der Waals surface area contributed by atoms with Crippen LogP contribution in [0.25, 0.3) is 0 Å². The lowest BCUT2D eigenvalue weighted by Crippen LogP contribution is -2.40. The van der Waals surface area contributed by atoms with Crippen LogP contribution in [0.3, 0.4) is 0 Å². The Bertz CT molecular complexity index is 746. The first kappa shape index (κ1) is 18.8. The summed E-state index contributed by atoms with van der Waals surface area (Å²) in [6.07, 6.45) is 10.2. The lowest BCUT2D eigenvalue weighted by atomic mass is 9.87. The van der Waals surface area contributed by atoms with E-state index in [1.807, 2.05) is 12.1 Å². The van der Waals surface area contributed by atoms with Crippen molar-refractivity contribution in [3.05, 3.63) is 45.5 Å². The number of amides is 1. The number of hydrogen-bond acceptors (Lipinski definition) is 4. The third-order valence-corrected chi connectivity index (χ3v) is 7.38. The molecule has 1 saturated heterocycles. The van der Waals surface area contributed by atoms with Crippen molar-refractivity contribution in [3.8, 4) is 0 Å². The standard InChI is InChI=1S/C22H30N2O2S/c1-2-16-8-9-20-17(13-16)14-21(27-20)22(25)23-15-18(19-7-6-12-26-19)24-10-4-3-5-11-24/h6-7,12,14,16,18H,2-5,8-11,13,15H2,1H3,(H,23,25)/t16-,18+/m0/s1. The van der Waals surface area contributed by atoms with Gasteiger partial charge in [-0.25, -0.2) is 0 Å². The molecular weight excluding hydrogens is 356 g/mol. The van der Waals surface area contributed by atoms with Crippen LogP contribution < -0.4 is 5.32 Å². The number of carbonyl (C=O) groups is 1. The molecule has 0 radical (unpaired) electrons. The molecule has 1 fully saturated rings. The fraction of sp³-hybridized carbons (Fsp3) is 0.591. The van der Waals surface area contributed by atoms with Gasteiger partial charge in [0, 0.05) is 11.4 Å². The minimum absolute atomic E-state index is 0.0658. The molecular formula is C22H30N2O2S. The monoisotopic (exact) mass is 386 g/mol. The molecule has 1 N–H and O–H groups in total. The molecule has 1 aliphatic carbocycles. The van der Waals surface area contributed by atoms with E-state index in [9.17, 15) is 4.79 Å². The van der Waals surface area contributed by atoms with Crippen LogP contribution in [0.4, 0.5) is 0 Å². The van der Waals surface area contributed by atoms with E-state index in [1.54, 1.807) is 17.6 Å². The first-order valence-corrected chi connectivity index (χ1v) is 11.2. The van der Waals surface area contributed by atoms with Crippen molar-refractivity contribution in [2.75, 3.05) is 19.6 Å². The number of thiophene rings is 1. The van der Waals surface area contributed by atoms with Gasteiger partial charge in [0.1, 0.15) is 5.76 Å². The molecule has 0 spiro atoms. The molecule has 1 amide bonds. The number of nitrogens with zero attached hydrogens (tertiary/aromatic N) is 1. The van der Waals surface area contributed by atoms with Crippen molar-refractivity contribution in [2.45, 2.75) is 57.9 Å². The molecule has 0 bridgehead atoms. The van der Waals surface area contributed by atoms with E-state index >= 15 is 0 Å². The SMILES string of the molecule is CC[C@H]1CCc2sc(C(=O)NC[C@H](c3ccco3)N3CCCCC3)cc2C1. The molecule has 2 aromatic heterocycles. The molecule has 0 aromatic carbocycles. The molecule has 3 heterocycles. The smallest absolute Gasteiger partial charge is 0.261 e. The predicted molar refractivity (Wildman–Crippen MR) is 109 cm³/mol. The summed E-state index contributed by atoms with van der Waals surface area (Å²) in [5, 5.41) is 3.19.